The molecule has 1 aliphatic heterocycles. The Bertz CT molecular complexity index is 977. The minimum absolute atomic E-state index is 0.0578. The predicted molar refractivity (Wildman–Crippen MR) is 122 cm³/mol. The number of piperazine rings is 1. The van der Waals surface area contributed by atoms with Gasteiger partial charge in [0.25, 0.3) is 5.91 Å². The summed E-state index contributed by atoms with van der Waals surface area (Å²) in [5.41, 5.74) is 0.790. The highest BCUT2D eigenvalue weighted by molar-refractivity contribution is 7.10. The molecular weight excluding hydrogens is 428 g/mol. The number of amides is 2. The molecule has 0 aromatic carbocycles. The van der Waals surface area contributed by atoms with E-state index in [4.69, 9.17) is 4.74 Å². The standard InChI is InChI=1S/C23H30N4O4S/c1-5-8-18-20(23(30)31-6-2)21(25-16(4)24-18)22(29)26-10-11-27(15(3)14-26)19(28)13-17-9-7-12-32-17/h7,9,12,15H,5-6,8,10-11,13-14H2,1-4H3. The maximum absolute atomic E-state index is 13.4. The molecule has 2 aromatic heterocycles. The zero-order valence-electron chi connectivity index (χ0n) is 19.1. The van der Waals surface area contributed by atoms with Gasteiger partial charge in [-0.15, -0.1) is 11.3 Å². The lowest BCUT2D eigenvalue weighted by Gasteiger charge is -2.40. The molecule has 9 heteroatoms. The molecule has 3 heterocycles. The molecule has 0 aliphatic carbocycles. The molecule has 1 atom stereocenters. The van der Waals surface area contributed by atoms with Crippen molar-refractivity contribution in [1.82, 2.24) is 19.8 Å². The van der Waals surface area contributed by atoms with Crippen LogP contribution < -0.4 is 0 Å². The molecule has 0 spiro atoms. The zero-order valence-corrected chi connectivity index (χ0v) is 19.9. The van der Waals surface area contributed by atoms with Crippen LogP contribution in [0.3, 0.4) is 0 Å². The van der Waals surface area contributed by atoms with E-state index in [0.29, 0.717) is 44.0 Å². The molecule has 2 amide bonds. The zero-order chi connectivity index (χ0) is 23.3. The Balaban J connectivity index is 1.80. The Morgan fingerprint density at radius 1 is 1.22 bits per heavy atom. The average Bonchev–Trinajstić information content (AvgIpc) is 3.26. The van der Waals surface area contributed by atoms with E-state index < -0.39 is 5.97 Å². The van der Waals surface area contributed by atoms with Gasteiger partial charge in [-0.05, 0) is 38.6 Å². The van der Waals surface area contributed by atoms with E-state index in [1.165, 1.54) is 0 Å². The van der Waals surface area contributed by atoms with Crippen molar-refractivity contribution in [2.45, 2.75) is 53.0 Å². The number of carbonyl (C=O) groups excluding carboxylic acids is 3. The summed E-state index contributed by atoms with van der Waals surface area (Å²) in [6, 6.07) is 3.75. The van der Waals surface area contributed by atoms with Gasteiger partial charge in [0.15, 0.2) is 0 Å². The van der Waals surface area contributed by atoms with Crippen LogP contribution in [0.2, 0.25) is 0 Å². The summed E-state index contributed by atoms with van der Waals surface area (Å²) in [5.74, 6) is -0.393. The summed E-state index contributed by atoms with van der Waals surface area (Å²) in [4.78, 5) is 52.1. The highest BCUT2D eigenvalue weighted by Crippen LogP contribution is 2.20. The quantitative estimate of drug-likeness (QED) is 0.593. The number of aromatic nitrogens is 2. The molecule has 1 unspecified atom stereocenters. The molecule has 172 valence electrons. The van der Waals surface area contributed by atoms with Crippen LogP contribution in [-0.4, -0.2) is 69.8 Å². The number of carbonyl (C=O) groups is 3. The van der Waals surface area contributed by atoms with E-state index in [2.05, 4.69) is 9.97 Å². The molecule has 2 aromatic rings. The van der Waals surface area contributed by atoms with Gasteiger partial charge in [0.2, 0.25) is 5.91 Å². The van der Waals surface area contributed by atoms with Crippen LogP contribution in [0, 0.1) is 6.92 Å². The molecule has 0 N–H and O–H groups in total. The van der Waals surface area contributed by atoms with Crippen LogP contribution in [0.25, 0.3) is 0 Å². The van der Waals surface area contributed by atoms with E-state index >= 15 is 0 Å². The number of aryl methyl sites for hydroxylation is 2. The van der Waals surface area contributed by atoms with Crippen LogP contribution >= 0.6 is 11.3 Å². The first-order valence-electron chi connectivity index (χ1n) is 11.0. The fraction of sp³-hybridized carbons (Fsp3) is 0.522. The van der Waals surface area contributed by atoms with Crippen molar-refractivity contribution >= 4 is 29.1 Å². The van der Waals surface area contributed by atoms with Crippen molar-refractivity contribution in [1.29, 1.82) is 0 Å². The van der Waals surface area contributed by atoms with Crippen molar-refractivity contribution in [2.75, 3.05) is 26.2 Å². The summed E-state index contributed by atoms with van der Waals surface area (Å²) in [5, 5.41) is 1.96. The van der Waals surface area contributed by atoms with E-state index in [1.807, 2.05) is 36.3 Å². The normalized spacial score (nSPS) is 16.2. The van der Waals surface area contributed by atoms with Crippen LogP contribution in [0.5, 0.6) is 0 Å². The first-order valence-corrected chi connectivity index (χ1v) is 11.9. The second-order valence-corrected chi connectivity index (χ2v) is 8.89. The molecule has 8 nitrogen and oxygen atoms in total. The van der Waals surface area contributed by atoms with Crippen LogP contribution in [0.1, 0.15) is 64.4 Å². The van der Waals surface area contributed by atoms with Crippen LogP contribution in [0.4, 0.5) is 0 Å². The Morgan fingerprint density at radius 2 is 2.00 bits per heavy atom. The van der Waals surface area contributed by atoms with Gasteiger partial charge < -0.3 is 14.5 Å². The van der Waals surface area contributed by atoms with Gasteiger partial charge in [0, 0.05) is 30.6 Å². The first kappa shape index (κ1) is 23.8. The predicted octanol–water partition coefficient (Wildman–Crippen LogP) is 2.89. The maximum atomic E-state index is 13.4. The molecule has 3 rings (SSSR count). The largest absolute Gasteiger partial charge is 0.462 e. The summed E-state index contributed by atoms with van der Waals surface area (Å²) >= 11 is 1.56. The third kappa shape index (κ3) is 5.32. The second kappa shape index (κ2) is 10.7. The molecule has 0 saturated carbocycles. The summed E-state index contributed by atoms with van der Waals surface area (Å²) in [7, 11) is 0. The third-order valence-corrected chi connectivity index (χ3v) is 6.28. The van der Waals surface area contributed by atoms with Gasteiger partial charge in [-0.2, -0.15) is 0 Å². The molecule has 1 fully saturated rings. The van der Waals surface area contributed by atoms with Crippen molar-refractivity contribution in [3.8, 4) is 0 Å². The minimum atomic E-state index is -0.572. The maximum Gasteiger partial charge on any atom is 0.342 e. The molecule has 0 bridgehead atoms. The Kier molecular flexibility index (Phi) is 7.95. The minimum Gasteiger partial charge on any atom is -0.462 e. The van der Waals surface area contributed by atoms with Gasteiger partial charge in [-0.1, -0.05) is 19.4 Å². The molecular formula is C23H30N4O4S. The van der Waals surface area contributed by atoms with Crippen molar-refractivity contribution in [2.24, 2.45) is 0 Å². The fourth-order valence-corrected chi connectivity index (χ4v) is 4.64. The SMILES string of the molecule is CCCc1nc(C)nc(C(=O)N2CCN(C(=O)Cc3cccs3)C(C)C2)c1C(=O)OCC. The topological polar surface area (TPSA) is 92.7 Å². The lowest BCUT2D eigenvalue weighted by atomic mass is 10.1. The summed E-state index contributed by atoms with van der Waals surface area (Å²) in [6.07, 6.45) is 1.70. The lowest BCUT2D eigenvalue weighted by Crippen LogP contribution is -2.56. The number of thiophene rings is 1. The van der Waals surface area contributed by atoms with Gasteiger partial charge in [0.1, 0.15) is 17.1 Å². The third-order valence-electron chi connectivity index (χ3n) is 5.41. The number of hydrogen-bond acceptors (Lipinski definition) is 7. The van der Waals surface area contributed by atoms with E-state index in [0.717, 1.165) is 11.3 Å². The molecule has 0 radical (unpaired) electrons. The van der Waals surface area contributed by atoms with Gasteiger partial charge in [-0.25, -0.2) is 14.8 Å². The highest BCUT2D eigenvalue weighted by Gasteiger charge is 2.34. The van der Waals surface area contributed by atoms with Gasteiger partial charge in [0.05, 0.1) is 18.7 Å². The smallest absolute Gasteiger partial charge is 0.342 e. The Hall–Kier alpha value is -2.81. The van der Waals surface area contributed by atoms with Crippen molar-refractivity contribution in [3.63, 3.8) is 0 Å². The molecule has 32 heavy (non-hydrogen) atoms. The number of hydrogen-bond donors (Lipinski definition) is 0. The summed E-state index contributed by atoms with van der Waals surface area (Å²) in [6.45, 7) is 8.77. The number of ether oxygens (including phenoxy) is 1. The average molecular weight is 459 g/mol. The van der Waals surface area contributed by atoms with Crippen LogP contribution in [-0.2, 0) is 22.4 Å². The van der Waals surface area contributed by atoms with Gasteiger partial charge in [-0.3, -0.25) is 9.59 Å². The van der Waals surface area contributed by atoms with E-state index in [9.17, 15) is 14.4 Å². The van der Waals surface area contributed by atoms with E-state index in [1.54, 1.807) is 30.1 Å². The number of rotatable bonds is 7. The monoisotopic (exact) mass is 458 g/mol. The van der Waals surface area contributed by atoms with Crippen LogP contribution in [0.15, 0.2) is 17.5 Å². The number of nitrogens with zero attached hydrogens (tertiary/aromatic N) is 4. The second-order valence-electron chi connectivity index (χ2n) is 7.86. The van der Waals surface area contributed by atoms with Gasteiger partial charge >= 0.3 is 5.97 Å². The van der Waals surface area contributed by atoms with Crippen molar-refractivity contribution in [3.05, 3.63) is 45.2 Å². The Morgan fingerprint density at radius 3 is 2.62 bits per heavy atom. The Labute approximate surface area is 192 Å². The fourth-order valence-electron chi connectivity index (χ4n) is 3.95. The number of esters is 1. The van der Waals surface area contributed by atoms with E-state index in [-0.39, 0.29) is 35.7 Å². The molecule has 1 aliphatic rings. The highest BCUT2D eigenvalue weighted by atomic mass is 32.1. The summed E-state index contributed by atoms with van der Waals surface area (Å²) < 4.78 is 5.21. The first-order chi connectivity index (χ1) is 15.3. The lowest BCUT2D eigenvalue weighted by molar-refractivity contribution is -0.134. The van der Waals surface area contributed by atoms with Crippen molar-refractivity contribution < 1.29 is 19.1 Å². The molecule has 1 saturated heterocycles.